The van der Waals surface area contributed by atoms with Gasteiger partial charge in [-0.1, -0.05) is 134 Å². The van der Waals surface area contributed by atoms with Gasteiger partial charge in [-0.3, -0.25) is 0 Å². The fraction of sp³-hybridized carbons (Fsp3) is 0.533. The Morgan fingerprint density at radius 3 is 1.53 bits per heavy atom. The van der Waals surface area contributed by atoms with Crippen molar-refractivity contribution in [2.24, 2.45) is 0 Å². The van der Waals surface area contributed by atoms with Crippen molar-refractivity contribution >= 4 is 18.0 Å². The number of hydrogen-bond donors (Lipinski definition) is 1. The molecule has 1 rings (SSSR count). The van der Waals surface area contributed by atoms with E-state index in [9.17, 15) is 9.59 Å². The van der Waals surface area contributed by atoms with Gasteiger partial charge in [0.05, 0.1) is 6.61 Å². The van der Waals surface area contributed by atoms with Crippen LogP contribution in [0.3, 0.4) is 0 Å². The van der Waals surface area contributed by atoms with Gasteiger partial charge in [0.1, 0.15) is 0 Å². The third-order valence-electron chi connectivity index (χ3n) is 4.98. The van der Waals surface area contributed by atoms with Crippen LogP contribution in [-0.4, -0.2) is 23.7 Å². The highest BCUT2D eigenvalue weighted by molar-refractivity contribution is 5.86. The molecule has 1 aromatic rings. The standard InChI is InChI=1S/C18H34O2.C8H8.C4H6O2/c1-4-5-6-7-8-9-10-11-12-13-14-15-16-20-18(19)17(2)3;1-2-8-6-4-3-5-7-8;1-3(2)4(5)6/h2,4-16H2,1,3H3;2-7H,1H2;1H2,2H3,(H,5,6). The summed E-state index contributed by atoms with van der Waals surface area (Å²) in [4.78, 5) is 20.7. The zero-order valence-electron chi connectivity index (χ0n) is 21.9. The molecule has 1 N–H and O–H groups in total. The lowest BCUT2D eigenvalue weighted by Gasteiger charge is -2.04. The summed E-state index contributed by atoms with van der Waals surface area (Å²) in [5, 5.41) is 7.89. The normalized spacial score (nSPS) is 9.50. The number of carboxylic acid groups (broad SMARTS) is 1. The molecule has 0 aromatic heterocycles. The van der Waals surface area contributed by atoms with Gasteiger partial charge in [-0.15, -0.1) is 0 Å². The Bertz CT molecular complexity index is 664. The van der Waals surface area contributed by atoms with E-state index in [2.05, 4.69) is 26.7 Å². The molecule has 0 atom stereocenters. The van der Waals surface area contributed by atoms with Crippen molar-refractivity contribution in [2.45, 2.75) is 97.8 Å². The molecule has 0 unspecified atom stereocenters. The number of ether oxygens (including phenoxy) is 1. The van der Waals surface area contributed by atoms with Crippen LogP contribution in [0, 0.1) is 0 Å². The lowest BCUT2D eigenvalue weighted by molar-refractivity contribution is -0.139. The number of rotatable bonds is 16. The van der Waals surface area contributed by atoms with Crippen molar-refractivity contribution in [1.82, 2.24) is 0 Å². The summed E-state index contributed by atoms with van der Waals surface area (Å²) < 4.78 is 5.06. The minimum absolute atomic E-state index is 0.176. The number of benzene rings is 1. The summed E-state index contributed by atoms with van der Waals surface area (Å²) in [6, 6.07) is 10.0. The van der Waals surface area contributed by atoms with Gasteiger partial charge in [-0.2, -0.15) is 0 Å². The molecule has 0 aliphatic carbocycles. The monoisotopic (exact) mass is 472 g/mol. The van der Waals surface area contributed by atoms with E-state index < -0.39 is 5.97 Å². The molecule has 0 bridgehead atoms. The highest BCUT2D eigenvalue weighted by Crippen LogP contribution is 2.12. The van der Waals surface area contributed by atoms with Gasteiger partial charge in [-0.05, 0) is 25.8 Å². The van der Waals surface area contributed by atoms with Gasteiger partial charge < -0.3 is 9.84 Å². The first kappa shape index (κ1) is 33.6. The number of carbonyl (C=O) groups excluding carboxylic acids is 1. The Morgan fingerprint density at radius 1 is 0.794 bits per heavy atom. The van der Waals surface area contributed by atoms with Gasteiger partial charge in [0.25, 0.3) is 0 Å². The van der Waals surface area contributed by atoms with Crippen LogP contribution in [0.15, 0.2) is 61.2 Å². The van der Waals surface area contributed by atoms with Crippen LogP contribution in [0.5, 0.6) is 0 Å². The largest absolute Gasteiger partial charge is 0.478 e. The molecule has 0 aliphatic heterocycles. The summed E-state index contributed by atoms with van der Waals surface area (Å²) >= 11 is 0. The highest BCUT2D eigenvalue weighted by Gasteiger charge is 2.01. The van der Waals surface area contributed by atoms with Crippen molar-refractivity contribution in [3.05, 3.63) is 66.8 Å². The first-order valence-corrected chi connectivity index (χ1v) is 12.6. The molecule has 0 fully saturated rings. The van der Waals surface area contributed by atoms with Crippen LogP contribution in [0.4, 0.5) is 0 Å². The Labute approximate surface area is 208 Å². The zero-order chi connectivity index (χ0) is 26.0. The molecular formula is C30H48O4. The average Bonchev–Trinajstić information content (AvgIpc) is 2.83. The molecule has 0 saturated carbocycles. The Morgan fingerprint density at radius 2 is 1.21 bits per heavy atom. The number of aliphatic carboxylic acids is 1. The van der Waals surface area contributed by atoms with Gasteiger partial charge in [0.15, 0.2) is 0 Å². The molecule has 34 heavy (non-hydrogen) atoms. The second-order valence-electron chi connectivity index (χ2n) is 8.51. The van der Waals surface area contributed by atoms with E-state index in [1.165, 1.54) is 83.1 Å². The second kappa shape index (κ2) is 25.0. The molecule has 0 radical (unpaired) electrons. The number of carbonyl (C=O) groups is 2. The highest BCUT2D eigenvalue weighted by atomic mass is 16.5. The van der Waals surface area contributed by atoms with Gasteiger partial charge in [0.2, 0.25) is 0 Å². The van der Waals surface area contributed by atoms with Crippen molar-refractivity contribution < 1.29 is 19.4 Å². The third kappa shape index (κ3) is 25.6. The minimum Gasteiger partial charge on any atom is -0.478 e. The molecule has 0 amide bonds. The lowest BCUT2D eigenvalue weighted by Crippen LogP contribution is -2.05. The predicted octanol–water partition coefficient (Wildman–Crippen LogP) is 8.78. The molecule has 0 heterocycles. The van der Waals surface area contributed by atoms with E-state index in [-0.39, 0.29) is 11.5 Å². The summed E-state index contributed by atoms with van der Waals surface area (Å²) in [6.45, 7) is 16.3. The van der Waals surface area contributed by atoms with E-state index in [0.29, 0.717) is 12.2 Å². The van der Waals surface area contributed by atoms with E-state index >= 15 is 0 Å². The van der Waals surface area contributed by atoms with Gasteiger partial charge in [-0.25, -0.2) is 9.59 Å². The first-order chi connectivity index (χ1) is 16.3. The van der Waals surface area contributed by atoms with E-state index in [1.807, 2.05) is 36.4 Å². The summed E-state index contributed by atoms with van der Waals surface area (Å²) in [5.74, 6) is -1.19. The SMILES string of the molecule is C=C(C)C(=O)O.C=C(C)C(=O)OCCCCCCCCCCCCCC.C=Cc1ccccc1. The van der Waals surface area contributed by atoms with Gasteiger partial charge in [0, 0.05) is 11.1 Å². The van der Waals surface area contributed by atoms with Crippen molar-refractivity contribution in [3.63, 3.8) is 0 Å². The van der Waals surface area contributed by atoms with Gasteiger partial charge >= 0.3 is 11.9 Å². The first-order valence-electron chi connectivity index (χ1n) is 12.6. The van der Waals surface area contributed by atoms with Crippen molar-refractivity contribution in [3.8, 4) is 0 Å². The Hall–Kier alpha value is -2.62. The van der Waals surface area contributed by atoms with Crippen molar-refractivity contribution in [2.75, 3.05) is 6.61 Å². The second-order valence-corrected chi connectivity index (χ2v) is 8.51. The molecule has 4 nitrogen and oxygen atoms in total. The smallest absolute Gasteiger partial charge is 0.333 e. The third-order valence-corrected chi connectivity index (χ3v) is 4.98. The lowest BCUT2D eigenvalue weighted by atomic mass is 10.1. The fourth-order valence-electron chi connectivity index (χ4n) is 2.82. The maximum atomic E-state index is 11.1. The Balaban J connectivity index is 0. The molecular weight excluding hydrogens is 424 g/mol. The molecule has 4 heteroatoms. The Kier molecular flexibility index (Phi) is 24.7. The van der Waals surface area contributed by atoms with Crippen LogP contribution in [0.1, 0.15) is 103 Å². The summed E-state index contributed by atoms with van der Waals surface area (Å²) in [6.07, 6.45) is 17.7. The molecule has 192 valence electrons. The molecule has 0 spiro atoms. The maximum Gasteiger partial charge on any atom is 0.333 e. The van der Waals surface area contributed by atoms with Crippen LogP contribution in [0.2, 0.25) is 0 Å². The topological polar surface area (TPSA) is 63.6 Å². The average molecular weight is 473 g/mol. The molecule has 0 saturated heterocycles. The van der Waals surface area contributed by atoms with E-state index in [0.717, 1.165) is 6.42 Å². The molecule has 0 aliphatic rings. The zero-order valence-corrected chi connectivity index (χ0v) is 21.9. The number of esters is 1. The van der Waals surface area contributed by atoms with Crippen molar-refractivity contribution in [1.29, 1.82) is 0 Å². The van der Waals surface area contributed by atoms with Crippen LogP contribution in [0.25, 0.3) is 6.08 Å². The summed E-state index contributed by atoms with van der Waals surface area (Å²) in [5.41, 5.74) is 1.84. The number of hydrogen-bond acceptors (Lipinski definition) is 3. The number of unbranched alkanes of at least 4 members (excludes halogenated alkanes) is 11. The van der Waals surface area contributed by atoms with Crippen LogP contribution < -0.4 is 0 Å². The van der Waals surface area contributed by atoms with Crippen LogP contribution in [-0.2, 0) is 14.3 Å². The fourth-order valence-corrected chi connectivity index (χ4v) is 2.82. The van der Waals surface area contributed by atoms with E-state index in [1.54, 1.807) is 6.92 Å². The summed E-state index contributed by atoms with van der Waals surface area (Å²) in [7, 11) is 0. The van der Waals surface area contributed by atoms with E-state index in [4.69, 9.17) is 9.84 Å². The number of carboxylic acids is 1. The minimum atomic E-state index is -0.935. The predicted molar refractivity (Wildman–Crippen MR) is 146 cm³/mol. The quantitative estimate of drug-likeness (QED) is 0.148. The van der Waals surface area contributed by atoms with Crippen LogP contribution >= 0.6 is 0 Å². The molecule has 1 aromatic carbocycles. The maximum absolute atomic E-state index is 11.1.